The minimum Gasteiger partial charge on any atom is -0.481 e. The Labute approximate surface area is 116 Å². The molecular weight excluding hydrogens is 242 g/mol. The lowest BCUT2D eigenvalue weighted by molar-refractivity contribution is -0.137. The largest absolute Gasteiger partial charge is 0.481 e. The maximum Gasteiger partial charge on any atom is 0.303 e. The summed E-state index contributed by atoms with van der Waals surface area (Å²) in [5.41, 5.74) is 0. The maximum atomic E-state index is 12.0. The first-order valence-electron chi connectivity index (χ1n) is 7.59. The Hall–Kier alpha value is -1.06. The molecule has 110 valence electrons. The van der Waals surface area contributed by atoms with Crippen LogP contribution in [0.2, 0.25) is 0 Å². The van der Waals surface area contributed by atoms with Crippen LogP contribution < -0.4 is 5.32 Å². The third-order valence-electron chi connectivity index (χ3n) is 4.01. The van der Waals surface area contributed by atoms with Crippen LogP contribution in [-0.4, -0.2) is 23.5 Å². The van der Waals surface area contributed by atoms with Crippen molar-refractivity contribution in [3.8, 4) is 0 Å². The number of carboxylic acid groups (broad SMARTS) is 1. The zero-order chi connectivity index (χ0) is 14.1. The highest BCUT2D eigenvalue weighted by molar-refractivity contribution is 5.78. The Bertz CT molecular complexity index is 283. The number of carbonyl (C=O) groups excluding carboxylic acids is 1. The lowest BCUT2D eigenvalue weighted by Crippen LogP contribution is -2.32. The van der Waals surface area contributed by atoms with Gasteiger partial charge in [-0.05, 0) is 31.6 Å². The second-order valence-electron chi connectivity index (χ2n) is 5.81. The first kappa shape index (κ1) is 16.0. The number of carboxylic acids is 1. The molecule has 4 nitrogen and oxygen atoms in total. The van der Waals surface area contributed by atoms with Crippen molar-refractivity contribution < 1.29 is 14.7 Å². The van der Waals surface area contributed by atoms with Crippen LogP contribution >= 0.6 is 0 Å². The van der Waals surface area contributed by atoms with Crippen molar-refractivity contribution in [3.05, 3.63) is 0 Å². The third-order valence-corrected chi connectivity index (χ3v) is 4.01. The molecule has 0 saturated heterocycles. The molecule has 0 bridgehead atoms. The number of aliphatic carboxylic acids is 1. The molecule has 1 amide bonds. The van der Waals surface area contributed by atoms with Gasteiger partial charge in [0.2, 0.25) is 5.91 Å². The number of rotatable bonds is 7. The zero-order valence-electron chi connectivity index (χ0n) is 12.0. The summed E-state index contributed by atoms with van der Waals surface area (Å²) in [5, 5.41) is 11.6. The summed E-state index contributed by atoms with van der Waals surface area (Å²) in [5.74, 6) is 0.0176. The van der Waals surface area contributed by atoms with Gasteiger partial charge in [-0.3, -0.25) is 9.59 Å². The molecule has 1 rings (SSSR count). The Morgan fingerprint density at radius 3 is 2.37 bits per heavy atom. The van der Waals surface area contributed by atoms with Gasteiger partial charge in [0, 0.05) is 18.9 Å². The molecule has 1 fully saturated rings. The molecule has 0 aromatic rings. The molecule has 1 aliphatic rings. The number of hydrogen-bond acceptors (Lipinski definition) is 2. The molecule has 0 aliphatic heterocycles. The molecule has 19 heavy (non-hydrogen) atoms. The quantitative estimate of drug-likeness (QED) is 0.698. The summed E-state index contributed by atoms with van der Waals surface area (Å²) in [6.45, 7) is 2.72. The summed E-state index contributed by atoms with van der Waals surface area (Å²) < 4.78 is 0. The Balaban J connectivity index is 2.13. The van der Waals surface area contributed by atoms with Crippen molar-refractivity contribution in [1.82, 2.24) is 5.32 Å². The molecule has 0 aromatic carbocycles. The van der Waals surface area contributed by atoms with Gasteiger partial charge < -0.3 is 10.4 Å². The highest BCUT2D eigenvalue weighted by Crippen LogP contribution is 2.22. The summed E-state index contributed by atoms with van der Waals surface area (Å²) in [4.78, 5) is 22.4. The van der Waals surface area contributed by atoms with E-state index in [1.54, 1.807) is 0 Å². The fourth-order valence-electron chi connectivity index (χ4n) is 2.64. The number of carbonyl (C=O) groups is 2. The van der Waals surface area contributed by atoms with E-state index < -0.39 is 5.97 Å². The van der Waals surface area contributed by atoms with Crippen LogP contribution in [0.4, 0.5) is 0 Å². The predicted molar refractivity (Wildman–Crippen MR) is 74.9 cm³/mol. The monoisotopic (exact) mass is 269 g/mol. The van der Waals surface area contributed by atoms with Crippen LogP contribution in [0.25, 0.3) is 0 Å². The van der Waals surface area contributed by atoms with E-state index in [0.29, 0.717) is 18.9 Å². The predicted octanol–water partition coefficient (Wildman–Crippen LogP) is 2.96. The van der Waals surface area contributed by atoms with E-state index in [4.69, 9.17) is 5.11 Å². The second-order valence-corrected chi connectivity index (χ2v) is 5.81. The van der Waals surface area contributed by atoms with Crippen LogP contribution in [-0.2, 0) is 9.59 Å². The van der Waals surface area contributed by atoms with E-state index in [1.807, 2.05) is 6.92 Å². The molecule has 1 atom stereocenters. The number of nitrogens with one attached hydrogen (secondary N) is 1. The normalized spacial score (nSPS) is 18.6. The van der Waals surface area contributed by atoms with Crippen molar-refractivity contribution in [2.45, 2.75) is 64.7 Å². The van der Waals surface area contributed by atoms with E-state index in [1.165, 1.54) is 25.7 Å². The summed E-state index contributed by atoms with van der Waals surface area (Å²) in [6, 6.07) is 0. The fourth-order valence-corrected chi connectivity index (χ4v) is 2.64. The van der Waals surface area contributed by atoms with E-state index in [9.17, 15) is 9.59 Å². The molecule has 2 N–H and O–H groups in total. The number of hydrogen-bond donors (Lipinski definition) is 2. The molecule has 0 aromatic heterocycles. The first-order chi connectivity index (χ1) is 9.09. The fraction of sp³-hybridized carbons (Fsp3) is 0.867. The highest BCUT2D eigenvalue weighted by atomic mass is 16.4. The summed E-state index contributed by atoms with van der Waals surface area (Å²) in [7, 11) is 0. The van der Waals surface area contributed by atoms with Crippen LogP contribution in [0.15, 0.2) is 0 Å². The Morgan fingerprint density at radius 2 is 1.79 bits per heavy atom. The lowest BCUT2D eigenvalue weighted by Gasteiger charge is -2.15. The highest BCUT2D eigenvalue weighted by Gasteiger charge is 2.19. The standard InChI is InChI=1S/C15H27NO3/c1-12(8-9-14(17)18)10-11-16-15(19)13-6-4-2-3-5-7-13/h12-13H,2-11H2,1H3,(H,16,19)(H,17,18). The smallest absolute Gasteiger partial charge is 0.303 e. The lowest BCUT2D eigenvalue weighted by atomic mass is 9.98. The average molecular weight is 269 g/mol. The van der Waals surface area contributed by atoms with Gasteiger partial charge in [0.15, 0.2) is 0 Å². The molecule has 0 radical (unpaired) electrons. The van der Waals surface area contributed by atoms with Gasteiger partial charge in [0.05, 0.1) is 0 Å². The summed E-state index contributed by atoms with van der Waals surface area (Å²) >= 11 is 0. The minimum absolute atomic E-state index is 0.201. The average Bonchev–Trinajstić information content (AvgIpc) is 2.65. The SMILES string of the molecule is CC(CCNC(=O)C1CCCCCC1)CCC(=O)O. The molecule has 1 saturated carbocycles. The van der Waals surface area contributed by atoms with Crippen molar-refractivity contribution >= 4 is 11.9 Å². The molecule has 0 spiro atoms. The van der Waals surface area contributed by atoms with Crippen LogP contribution in [0.3, 0.4) is 0 Å². The van der Waals surface area contributed by atoms with Crippen molar-refractivity contribution in [1.29, 1.82) is 0 Å². The zero-order valence-corrected chi connectivity index (χ0v) is 12.0. The van der Waals surface area contributed by atoms with E-state index in [-0.39, 0.29) is 18.2 Å². The van der Waals surface area contributed by atoms with Gasteiger partial charge in [0.25, 0.3) is 0 Å². The van der Waals surface area contributed by atoms with Crippen molar-refractivity contribution in [2.75, 3.05) is 6.54 Å². The van der Waals surface area contributed by atoms with Crippen LogP contribution in [0.5, 0.6) is 0 Å². The topological polar surface area (TPSA) is 66.4 Å². The van der Waals surface area contributed by atoms with E-state index in [0.717, 1.165) is 19.3 Å². The van der Waals surface area contributed by atoms with E-state index >= 15 is 0 Å². The molecule has 0 heterocycles. The Kier molecular flexibility index (Phi) is 7.53. The van der Waals surface area contributed by atoms with Gasteiger partial charge in [-0.15, -0.1) is 0 Å². The molecule has 4 heteroatoms. The second kappa shape index (κ2) is 8.94. The molecular formula is C15H27NO3. The van der Waals surface area contributed by atoms with Gasteiger partial charge in [-0.25, -0.2) is 0 Å². The Morgan fingerprint density at radius 1 is 1.16 bits per heavy atom. The first-order valence-corrected chi connectivity index (χ1v) is 7.59. The van der Waals surface area contributed by atoms with E-state index in [2.05, 4.69) is 5.32 Å². The van der Waals surface area contributed by atoms with Gasteiger partial charge in [-0.1, -0.05) is 32.6 Å². The van der Waals surface area contributed by atoms with Gasteiger partial charge in [0.1, 0.15) is 0 Å². The van der Waals surface area contributed by atoms with Crippen LogP contribution in [0, 0.1) is 11.8 Å². The third kappa shape index (κ3) is 7.19. The molecule has 1 unspecified atom stereocenters. The maximum absolute atomic E-state index is 12.0. The van der Waals surface area contributed by atoms with Gasteiger partial charge in [-0.2, -0.15) is 0 Å². The summed E-state index contributed by atoms with van der Waals surface area (Å²) in [6.07, 6.45) is 8.70. The van der Waals surface area contributed by atoms with Crippen molar-refractivity contribution in [2.24, 2.45) is 11.8 Å². The van der Waals surface area contributed by atoms with Gasteiger partial charge >= 0.3 is 5.97 Å². The van der Waals surface area contributed by atoms with Crippen LogP contribution in [0.1, 0.15) is 64.7 Å². The minimum atomic E-state index is -0.741. The van der Waals surface area contributed by atoms with Crippen molar-refractivity contribution in [3.63, 3.8) is 0 Å². The molecule has 1 aliphatic carbocycles. The number of amides is 1.